The quantitative estimate of drug-likeness (QED) is 0.194. The van der Waals surface area contributed by atoms with Gasteiger partial charge in [-0.2, -0.15) is 10.4 Å². The molecule has 0 fully saturated rings. The summed E-state index contributed by atoms with van der Waals surface area (Å²) in [7, 11) is 0. The number of para-hydroxylation sites is 1. The maximum atomic E-state index is 13.3. The zero-order chi connectivity index (χ0) is 27.9. The van der Waals surface area contributed by atoms with E-state index in [9.17, 15) is 35.1 Å². The summed E-state index contributed by atoms with van der Waals surface area (Å²) < 4.78 is 0. The van der Waals surface area contributed by atoms with Crippen LogP contribution in [0.15, 0.2) is 78.3 Å². The molecule has 2 amide bonds. The van der Waals surface area contributed by atoms with Crippen molar-refractivity contribution in [3.8, 4) is 6.07 Å². The number of hydrazone groups is 1. The Balaban J connectivity index is 1.79. The normalized spacial score (nSPS) is 11.7. The van der Waals surface area contributed by atoms with Crippen LogP contribution in [-0.2, 0) is 4.79 Å². The number of pyridine rings is 1. The van der Waals surface area contributed by atoms with Gasteiger partial charge in [-0.25, -0.2) is 10.4 Å². The number of aromatic nitrogens is 3. The third-order valence-corrected chi connectivity index (χ3v) is 5.25. The van der Waals surface area contributed by atoms with E-state index in [4.69, 9.17) is 0 Å². The molecule has 0 spiro atoms. The van der Waals surface area contributed by atoms with Crippen LogP contribution in [0.1, 0.15) is 27.7 Å². The molecule has 39 heavy (non-hydrogen) atoms. The van der Waals surface area contributed by atoms with Gasteiger partial charge in [0.05, 0.1) is 33.4 Å². The number of hydrogen-bond acceptors (Lipinski definition) is 11. The molecule has 2 aromatic carbocycles. The van der Waals surface area contributed by atoms with Crippen molar-refractivity contribution in [3.63, 3.8) is 0 Å². The van der Waals surface area contributed by atoms with E-state index < -0.39 is 33.4 Å². The first kappa shape index (κ1) is 25.9. The predicted octanol–water partition coefficient (Wildman–Crippen LogP) is 2.55. The van der Waals surface area contributed by atoms with Gasteiger partial charge in [-0.3, -0.25) is 39.8 Å². The first-order chi connectivity index (χ1) is 18.8. The van der Waals surface area contributed by atoms with Gasteiger partial charge in [0.2, 0.25) is 5.71 Å². The number of carbonyl (C=O) groups is 2. The summed E-state index contributed by atoms with van der Waals surface area (Å²) in [6.07, 6.45) is 3.71. The molecule has 15 nitrogen and oxygen atoms in total. The molecule has 0 saturated heterocycles. The Labute approximate surface area is 218 Å². The van der Waals surface area contributed by atoms with Crippen LogP contribution >= 0.6 is 0 Å². The fraction of sp³-hybridized carbons (Fsp3) is 0.0417. The van der Waals surface area contributed by atoms with Gasteiger partial charge in [0, 0.05) is 35.0 Å². The number of nitro groups is 2. The van der Waals surface area contributed by atoms with E-state index in [0.717, 1.165) is 12.3 Å². The fourth-order valence-corrected chi connectivity index (χ4v) is 3.40. The zero-order valence-electron chi connectivity index (χ0n) is 19.6. The SMILES string of the molecule is N#Cc1ccccc1NC(=O)/C(=N\NC(=O)c1ccncc1)[C@@H](c1cnc2ccc([N+](=O)[O-])cc2n1)[N+](=O)[O-]. The van der Waals surface area contributed by atoms with Crippen molar-refractivity contribution < 1.29 is 19.4 Å². The van der Waals surface area contributed by atoms with E-state index in [1.165, 1.54) is 54.9 Å². The number of benzene rings is 2. The van der Waals surface area contributed by atoms with Gasteiger partial charge in [-0.1, -0.05) is 12.1 Å². The summed E-state index contributed by atoms with van der Waals surface area (Å²) in [5.41, 5.74) is 1.01. The number of amides is 2. The molecular weight excluding hydrogens is 510 g/mol. The van der Waals surface area contributed by atoms with Crippen LogP contribution in [0.3, 0.4) is 0 Å². The monoisotopic (exact) mass is 525 g/mol. The van der Waals surface area contributed by atoms with Crippen LogP contribution in [-0.4, -0.2) is 42.3 Å². The van der Waals surface area contributed by atoms with Crippen molar-refractivity contribution in [3.05, 3.63) is 110 Å². The fourth-order valence-electron chi connectivity index (χ4n) is 3.40. The molecule has 15 heteroatoms. The number of hydrogen-bond donors (Lipinski definition) is 2. The Morgan fingerprint density at radius 1 is 1.03 bits per heavy atom. The average Bonchev–Trinajstić information content (AvgIpc) is 2.94. The molecule has 1 atom stereocenters. The van der Waals surface area contributed by atoms with Crippen molar-refractivity contribution in [1.29, 1.82) is 5.26 Å². The van der Waals surface area contributed by atoms with Crippen LogP contribution in [0.25, 0.3) is 11.0 Å². The van der Waals surface area contributed by atoms with Gasteiger partial charge in [-0.15, -0.1) is 0 Å². The first-order valence-corrected chi connectivity index (χ1v) is 10.9. The lowest BCUT2D eigenvalue weighted by atomic mass is 10.1. The Hall–Kier alpha value is -6.17. The number of rotatable bonds is 8. The highest BCUT2D eigenvalue weighted by atomic mass is 16.6. The largest absolute Gasteiger partial charge is 0.319 e. The molecule has 0 bridgehead atoms. The van der Waals surface area contributed by atoms with Crippen LogP contribution < -0.4 is 10.7 Å². The Morgan fingerprint density at radius 2 is 1.77 bits per heavy atom. The van der Waals surface area contributed by atoms with Gasteiger partial charge >= 0.3 is 6.04 Å². The van der Waals surface area contributed by atoms with Gasteiger partial charge < -0.3 is 5.32 Å². The summed E-state index contributed by atoms with van der Waals surface area (Å²) in [5.74, 6) is -1.90. The van der Waals surface area contributed by atoms with Crippen LogP contribution in [0, 0.1) is 31.6 Å². The second kappa shape index (κ2) is 11.3. The molecule has 0 aliphatic heterocycles. The summed E-state index contributed by atoms with van der Waals surface area (Å²) in [6, 6.07) is 12.1. The van der Waals surface area contributed by atoms with Crippen molar-refractivity contribution in [2.24, 2.45) is 5.10 Å². The number of anilines is 1. The minimum Gasteiger partial charge on any atom is -0.319 e. The minimum atomic E-state index is -2.06. The van der Waals surface area contributed by atoms with E-state index in [0.29, 0.717) is 0 Å². The highest BCUT2D eigenvalue weighted by Crippen LogP contribution is 2.23. The van der Waals surface area contributed by atoms with Crippen molar-refractivity contribution in [1.82, 2.24) is 20.4 Å². The maximum Gasteiger partial charge on any atom is 0.304 e. The zero-order valence-corrected chi connectivity index (χ0v) is 19.6. The molecule has 0 saturated carbocycles. The molecule has 4 aromatic rings. The number of nitrogens with one attached hydrogen (secondary N) is 2. The highest BCUT2D eigenvalue weighted by Gasteiger charge is 2.37. The number of nitro benzene ring substituents is 1. The molecule has 2 N–H and O–H groups in total. The standard InChI is InChI=1S/C24H15N9O6/c25-12-15-3-1-2-4-17(15)29-24(35)21(30-31-23(34)14-7-9-26-10-8-14)22(33(38)39)20-13-27-18-6-5-16(32(36)37)11-19(18)28-20/h1-11,13,22H,(H,29,35)(H,31,34)/b30-21-/t22-/m1/s1. The molecule has 2 heterocycles. The van der Waals surface area contributed by atoms with E-state index in [1.807, 2.05) is 6.07 Å². The minimum absolute atomic E-state index is 0.0380. The number of nitriles is 1. The second-order valence-electron chi connectivity index (χ2n) is 7.70. The highest BCUT2D eigenvalue weighted by molar-refractivity contribution is 6.44. The molecule has 0 unspecified atom stereocenters. The topological polar surface area (TPSA) is 219 Å². The number of nitrogens with zero attached hydrogens (tertiary/aromatic N) is 7. The Bertz CT molecular complexity index is 1680. The third kappa shape index (κ3) is 5.81. The molecule has 0 radical (unpaired) electrons. The van der Waals surface area contributed by atoms with Crippen LogP contribution in [0.2, 0.25) is 0 Å². The third-order valence-electron chi connectivity index (χ3n) is 5.25. The van der Waals surface area contributed by atoms with Gasteiger partial charge in [0.15, 0.2) is 0 Å². The molecule has 0 aliphatic carbocycles. The lowest BCUT2D eigenvalue weighted by Crippen LogP contribution is -2.36. The first-order valence-electron chi connectivity index (χ1n) is 10.9. The van der Waals surface area contributed by atoms with Crippen LogP contribution in [0.4, 0.5) is 11.4 Å². The van der Waals surface area contributed by atoms with E-state index in [1.54, 1.807) is 6.07 Å². The average molecular weight is 525 g/mol. The predicted molar refractivity (Wildman–Crippen MR) is 135 cm³/mol. The summed E-state index contributed by atoms with van der Waals surface area (Å²) in [6.45, 7) is 0. The Kier molecular flexibility index (Phi) is 7.48. The Morgan fingerprint density at radius 3 is 2.46 bits per heavy atom. The van der Waals surface area contributed by atoms with E-state index in [-0.39, 0.29) is 39.2 Å². The molecule has 0 aliphatic rings. The van der Waals surface area contributed by atoms with Crippen LogP contribution in [0.5, 0.6) is 0 Å². The van der Waals surface area contributed by atoms with Gasteiger partial charge in [0.25, 0.3) is 17.5 Å². The van der Waals surface area contributed by atoms with Crippen molar-refractivity contribution in [2.45, 2.75) is 6.04 Å². The molecular formula is C24H15N9O6. The molecule has 4 rings (SSSR count). The number of carbonyl (C=O) groups excluding carboxylic acids is 2. The van der Waals surface area contributed by atoms with E-state index in [2.05, 4.69) is 30.8 Å². The van der Waals surface area contributed by atoms with Crippen molar-refractivity contribution >= 4 is 39.9 Å². The van der Waals surface area contributed by atoms with E-state index >= 15 is 0 Å². The molecule has 2 aromatic heterocycles. The van der Waals surface area contributed by atoms with Crippen molar-refractivity contribution in [2.75, 3.05) is 5.32 Å². The van der Waals surface area contributed by atoms with Gasteiger partial charge in [0.1, 0.15) is 11.8 Å². The molecule has 192 valence electrons. The smallest absolute Gasteiger partial charge is 0.304 e. The summed E-state index contributed by atoms with van der Waals surface area (Å²) in [4.78, 5) is 59.7. The second-order valence-corrected chi connectivity index (χ2v) is 7.70. The summed E-state index contributed by atoms with van der Waals surface area (Å²) in [5, 5.41) is 38.9. The van der Waals surface area contributed by atoms with Gasteiger partial charge in [-0.05, 0) is 30.3 Å². The lowest BCUT2D eigenvalue weighted by Gasteiger charge is -2.13. The number of non-ortho nitro benzene ring substituents is 1. The maximum absolute atomic E-state index is 13.3. The lowest BCUT2D eigenvalue weighted by molar-refractivity contribution is -0.509. The summed E-state index contributed by atoms with van der Waals surface area (Å²) >= 11 is 0. The number of fused-ring (bicyclic) bond motifs is 1.